The summed E-state index contributed by atoms with van der Waals surface area (Å²) in [6, 6.07) is 2.53. The van der Waals surface area contributed by atoms with E-state index in [1.165, 1.54) is 12.3 Å². The van der Waals surface area contributed by atoms with Gasteiger partial charge in [0, 0.05) is 18.1 Å². The fourth-order valence-corrected chi connectivity index (χ4v) is 0.827. The molecule has 0 spiro atoms. The summed E-state index contributed by atoms with van der Waals surface area (Å²) >= 11 is 5.41. The average molecular weight is 212 g/mol. The fraction of sp³-hybridized carbons (Fsp3) is 0.286. The molecule has 1 aromatic rings. The van der Waals surface area contributed by atoms with Gasteiger partial charge in [0.05, 0.1) is 0 Å². The van der Waals surface area contributed by atoms with E-state index in [1.807, 2.05) is 0 Å². The molecule has 0 aliphatic rings. The molecule has 13 heavy (non-hydrogen) atoms. The van der Waals surface area contributed by atoms with Crippen molar-refractivity contribution in [1.29, 1.82) is 0 Å². The third kappa shape index (κ3) is 3.50. The topological polar surface area (TPSA) is 22.1 Å². The molecule has 0 fully saturated rings. The van der Waals surface area contributed by atoms with Gasteiger partial charge in [0.15, 0.2) is 0 Å². The summed E-state index contributed by atoms with van der Waals surface area (Å²) in [4.78, 5) is 3.41. The molecule has 0 aliphatic carbocycles. The normalized spacial score (nSPS) is 11.4. The molecule has 0 radical (unpaired) electrons. The number of nitrogens with zero attached hydrogens (tertiary/aromatic N) is 1. The van der Waals surface area contributed by atoms with E-state index >= 15 is 0 Å². The van der Waals surface area contributed by atoms with Crippen LogP contribution >= 0.6 is 11.6 Å². The van der Waals surface area contributed by atoms with Crippen LogP contribution in [0.4, 0.5) is 13.2 Å². The molecule has 0 atom stereocenters. The van der Waals surface area contributed by atoms with E-state index in [-0.39, 0.29) is 5.88 Å². The number of ether oxygens (including phenoxy) is 1. The van der Waals surface area contributed by atoms with Crippen LogP contribution < -0.4 is 4.74 Å². The molecule has 1 rings (SSSR count). The molecule has 0 unspecified atom stereocenters. The zero-order valence-corrected chi connectivity index (χ0v) is 7.06. The van der Waals surface area contributed by atoms with Crippen molar-refractivity contribution in [3.05, 3.63) is 23.9 Å². The van der Waals surface area contributed by atoms with Crippen molar-refractivity contribution in [2.45, 2.75) is 12.2 Å². The molecule has 1 aromatic heterocycles. The highest BCUT2D eigenvalue weighted by Crippen LogP contribution is 2.20. The third-order valence-corrected chi connectivity index (χ3v) is 1.48. The molecule has 72 valence electrons. The Morgan fingerprint density at radius 1 is 1.38 bits per heavy atom. The molecule has 0 aliphatic heterocycles. The molecule has 1 heterocycles. The Labute approximate surface area is 77.3 Å². The second-order valence-electron chi connectivity index (χ2n) is 2.19. The second kappa shape index (κ2) is 3.83. The lowest BCUT2D eigenvalue weighted by Gasteiger charge is -2.07. The van der Waals surface area contributed by atoms with Gasteiger partial charge in [0.25, 0.3) is 0 Å². The minimum Gasteiger partial charge on any atom is -0.388 e. The van der Waals surface area contributed by atoms with Crippen LogP contribution in [-0.4, -0.2) is 11.3 Å². The Bertz CT molecular complexity index is 272. The highest BCUT2D eigenvalue weighted by atomic mass is 35.5. The first kappa shape index (κ1) is 10.1. The number of pyridine rings is 1. The zero-order chi connectivity index (χ0) is 9.90. The summed E-state index contributed by atoms with van der Waals surface area (Å²) in [6.07, 6.45) is -3.47. The van der Waals surface area contributed by atoms with E-state index in [0.29, 0.717) is 5.56 Å². The first-order valence-corrected chi connectivity index (χ1v) is 3.81. The summed E-state index contributed by atoms with van der Waals surface area (Å²) < 4.78 is 38.5. The van der Waals surface area contributed by atoms with Gasteiger partial charge in [0.1, 0.15) is 0 Å². The van der Waals surface area contributed by atoms with Crippen LogP contribution in [0.15, 0.2) is 18.3 Å². The number of rotatable bonds is 2. The Morgan fingerprint density at radius 2 is 2.08 bits per heavy atom. The van der Waals surface area contributed by atoms with Gasteiger partial charge in [-0.15, -0.1) is 24.8 Å². The standard InChI is InChI=1S/C7H5ClF3NO/c8-3-5-1-2-6(12-4-5)13-7(9,10)11/h1-2,4H,3H2. The Kier molecular flexibility index (Phi) is 2.98. The van der Waals surface area contributed by atoms with Gasteiger partial charge in [-0.25, -0.2) is 4.98 Å². The van der Waals surface area contributed by atoms with Gasteiger partial charge in [-0.05, 0) is 5.56 Å². The molecule has 0 saturated heterocycles. The third-order valence-electron chi connectivity index (χ3n) is 1.17. The van der Waals surface area contributed by atoms with Crippen molar-refractivity contribution in [1.82, 2.24) is 4.98 Å². The Hall–Kier alpha value is -0.970. The van der Waals surface area contributed by atoms with Crippen LogP contribution in [0, 0.1) is 0 Å². The van der Waals surface area contributed by atoms with Crippen molar-refractivity contribution >= 4 is 11.6 Å². The molecular formula is C7H5ClF3NO. The molecule has 0 amide bonds. The van der Waals surface area contributed by atoms with Gasteiger partial charge in [-0.2, -0.15) is 0 Å². The van der Waals surface area contributed by atoms with E-state index < -0.39 is 12.2 Å². The van der Waals surface area contributed by atoms with Crippen molar-refractivity contribution in [2.75, 3.05) is 0 Å². The van der Waals surface area contributed by atoms with E-state index in [4.69, 9.17) is 11.6 Å². The summed E-state index contributed by atoms with van der Waals surface area (Å²) in [6.45, 7) is 0. The predicted octanol–water partition coefficient (Wildman–Crippen LogP) is 2.72. The minimum absolute atomic E-state index is 0.208. The smallest absolute Gasteiger partial charge is 0.388 e. The van der Waals surface area contributed by atoms with Gasteiger partial charge < -0.3 is 4.74 Å². The first-order valence-electron chi connectivity index (χ1n) is 3.28. The van der Waals surface area contributed by atoms with E-state index in [2.05, 4.69) is 9.72 Å². The lowest BCUT2D eigenvalue weighted by Crippen LogP contribution is -2.17. The van der Waals surface area contributed by atoms with Crippen LogP contribution in [0.5, 0.6) is 5.88 Å². The zero-order valence-electron chi connectivity index (χ0n) is 6.31. The highest BCUT2D eigenvalue weighted by molar-refractivity contribution is 6.17. The molecule has 0 saturated carbocycles. The van der Waals surface area contributed by atoms with Gasteiger partial charge in [0.2, 0.25) is 5.88 Å². The number of hydrogen-bond donors (Lipinski definition) is 0. The number of alkyl halides is 4. The SMILES string of the molecule is FC(F)(F)Oc1ccc(CCl)cn1. The minimum atomic E-state index is -4.70. The summed E-state index contributed by atoms with van der Waals surface area (Å²) in [7, 11) is 0. The van der Waals surface area contributed by atoms with Crippen LogP contribution in [0.3, 0.4) is 0 Å². The van der Waals surface area contributed by atoms with Crippen LogP contribution in [0.2, 0.25) is 0 Å². The largest absolute Gasteiger partial charge is 0.574 e. The molecule has 0 bridgehead atoms. The molecule has 0 N–H and O–H groups in total. The lowest BCUT2D eigenvalue weighted by molar-refractivity contribution is -0.276. The second-order valence-corrected chi connectivity index (χ2v) is 2.45. The molecule has 2 nitrogen and oxygen atoms in total. The van der Waals surface area contributed by atoms with Gasteiger partial charge >= 0.3 is 6.36 Å². The van der Waals surface area contributed by atoms with Crippen molar-refractivity contribution in [3.63, 3.8) is 0 Å². The monoisotopic (exact) mass is 211 g/mol. The summed E-state index contributed by atoms with van der Waals surface area (Å²) in [5.41, 5.74) is 0.635. The number of aromatic nitrogens is 1. The maximum Gasteiger partial charge on any atom is 0.574 e. The van der Waals surface area contributed by atoms with E-state index in [1.54, 1.807) is 0 Å². The maximum atomic E-state index is 11.6. The summed E-state index contributed by atoms with van der Waals surface area (Å²) in [5, 5.41) is 0. The number of halogens is 4. The maximum absolute atomic E-state index is 11.6. The Morgan fingerprint density at radius 3 is 2.46 bits per heavy atom. The highest BCUT2D eigenvalue weighted by Gasteiger charge is 2.31. The molecular weight excluding hydrogens is 207 g/mol. The fourth-order valence-electron chi connectivity index (χ4n) is 0.669. The summed E-state index contributed by atoms with van der Waals surface area (Å²) in [5.74, 6) is -0.277. The quantitative estimate of drug-likeness (QED) is 0.702. The van der Waals surface area contributed by atoms with Crippen LogP contribution in [0.25, 0.3) is 0 Å². The Balaban J connectivity index is 2.70. The van der Waals surface area contributed by atoms with Crippen molar-refractivity contribution in [3.8, 4) is 5.88 Å². The predicted molar refractivity (Wildman–Crippen MR) is 40.5 cm³/mol. The van der Waals surface area contributed by atoms with Crippen LogP contribution in [0.1, 0.15) is 5.56 Å². The van der Waals surface area contributed by atoms with Gasteiger partial charge in [-0.3, -0.25) is 0 Å². The van der Waals surface area contributed by atoms with E-state index in [0.717, 1.165) is 6.07 Å². The first-order chi connectivity index (χ1) is 6.01. The molecule has 6 heteroatoms. The lowest BCUT2D eigenvalue weighted by atomic mass is 10.3. The van der Waals surface area contributed by atoms with E-state index in [9.17, 15) is 13.2 Å². The van der Waals surface area contributed by atoms with Crippen molar-refractivity contribution < 1.29 is 17.9 Å². The van der Waals surface area contributed by atoms with Crippen LogP contribution in [-0.2, 0) is 5.88 Å². The van der Waals surface area contributed by atoms with Gasteiger partial charge in [-0.1, -0.05) is 6.07 Å². The number of hydrogen-bond acceptors (Lipinski definition) is 2. The molecule has 0 aromatic carbocycles. The average Bonchev–Trinajstić information content (AvgIpc) is 2.03. The van der Waals surface area contributed by atoms with Crippen molar-refractivity contribution in [2.24, 2.45) is 0 Å².